The monoisotopic (exact) mass is 463 g/mol. The Morgan fingerprint density at radius 1 is 0.939 bits per heavy atom. The molecule has 3 N–H and O–H groups in total. The van der Waals surface area contributed by atoms with E-state index in [9.17, 15) is 18.0 Å². The van der Waals surface area contributed by atoms with E-state index in [4.69, 9.17) is 0 Å². The van der Waals surface area contributed by atoms with Crippen molar-refractivity contribution in [3.05, 3.63) is 102 Å². The van der Waals surface area contributed by atoms with Crippen molar-refractivity contribution in [3.8, 4) is 0 Å². The first-order chi connectivity index (χ1) is 15.7. The third-order valence-corrected chi connectivity index (χ3v) is 6.36. The van der Waals surface area contributed by atoms with Crippen molar-refractivity contribution in [2.75, 3.05) is 16.6 Å². The second-order valence-corrected chi connectivity index (χ2v) is 9.10. The summed E-state index contributed by atoms with van der Waals surface area (Å²) in [6.07, 6.45) is 1.55. The fourth-order valence-corrected chi connectivity index (χ4v) is 4.52. The van der Waals surface area contributed by atoms with Crippen LogP contribution in [0.4, 0.5) is 11.4 Å². The van der Waals surface area contributed by atoms with Crippen molar-refractivity contribution < 1.29 is 18.0 Å². The molecule has 0 atom stereocenters. The van der Waals surface area contributed by atoms with Gasteiger partial charge in [0.1, 0.15) is 0 Å². The van der Waals surface area contributed by atoms with Gasteiger partial charge in [-0.25, -0.2) is 8.42 Å². The zero-order valence-corrected chi connectivity index (χ0v) is 19.2. The van der Waals surface area contributed by atoms with Gasteiger partial charge in [0.25, 0.3) is 21.8 Å². The van der Waals surface area contributed by atoms with Gasteiger partial charge in [-0.05, 0) is 61.4 Å². The average Bonchev–Trinajstić information content (AvgIpc) is 2.77. The van der Waals surface area contributed by atoms with E-state index in [0.717, 1.165) is 5.56 Å². The Bertz CT molecular complexity index is 1320. The average molecular weight is 464 g/mol. The number of aryl methyl sites for hydroxylation is 2. The molecule has 3 aromatic carbocycles. The van der Waals surface area contributed by atoms with E-state index in [0.29, 0.717) is 16.9 Å². The summed E-state index contributed by atoms with van der Waals surface area (Å²) in [6.45, 7) is 7.37. The lowest BCUT2D eigenvalue weighted by molar-refractivity contribution is 0.0959. The number of sulfonamides is 1. The predicted octanol–water partition coefficient (Wildman–Crippen LogP) is 4.27. The second-order valence-electron chi connectivity index (χ2n) is 7.45. The molecule has 7 nitrogen and oxygen atoms in total. The molecular formula is C25H25N3O4S. The minimum absolute atomic E-state index is 0.00586. The zero-order chi connectivity index (χ0) is 24.0. The van der Waals surface area contributed by atoms with Crippen LogP contribution in [0.5, 0.6) is 0 Å². The summed E-state index contributed by atoms with van der Waals surface area (Å²) >= 11 is 0. The molecule has 0 radical (unpaired) electrons. The highest BCUT2D eigenvalue weighted by molar-refractivity contribution is 7.92. The first-order valence-corrected chi connectivity index (χ1v) is 11.7. The summed E-state index contributed by atoms with van der Waals surface area (Å²) in [5.74, 6) is -0.897. The van der Waals surface area contributed by atoms with E-state index >= 15 is 0 Å². The molecule has 8 heteroatoms. The van der Waals surface area contributed by atoms with E-state index in [2.05, 4.69) is 21.9 Å². The third-order valence-electron chi connectivity index (χ3n) is 4.84. The van der Waals surface area contributed by atoms with Gasteiger partial charge in [-0.3, -0.25) is 14.3 Å². The molecule has 0 aliphatic heterocycles. The van der Waals surface area contributed by atoms with E-state index in [1.807, 2.05) is 13.0 Å². The smallest absolute Gasteiger partial charge is 0.262 e. The number of hydrogen-bond acceptors (Lipinski definition) is 4. The van der Waals surface area contributed by atoms with E-state index in [-0.39, 0.29) is 28.5 Å². The van der Waals surface area contributed by atoms with Crippen LogP contribution in [-0.2, 0) is 10.0 Å². The van der Waals surface area contributed by atoms with E-state index in [1.54, 1.807) is 61.5 Å². The van der Waals surface area contributed by atoms with Crippen LogP contribution in [0.2, 0.25) is 0 Å². The molecule has 0 spiro atoms. The summed E-state index contributed by atoms with van der Waals surface area (Å²) in [6, 6.07) is 18.0. The normalized spacial score (nSPS) is 10.8. The number of anilines is 2. The Balaban J connectivity index is 1.87. The summed E-state index contributed by atoms with van der Waals surface area (Å²) in [7, 11) is -3.93. The second kappa shape index (κ2) is 10.1. The summed E-state index contributed by atoms with van der Waals surface area (Å²) in [4.78, 5) is 25.3. The quantitative estimate of drug-likeness (QED) is 0.434. The van der Waals surface area contributed by atoms with Crippen LogP contribution in [0.15, 0.2) is 84.3 Å². The number of amides is 2. The molecule has 0 bridgehead atoms. The summed E-state index contributed by atoms with van der Waals surface area (Å²) in [5.41, 5.74) is 2.59. The SMILES string of the molecule is C=CCNC(=O)c1ccccc1NC(=O)c1ccc(C)c(S(=O)(=O)Nc2cccc(C)c2)c1. The molecule has 0 aliphatic rings. The molecule has 0 unspecified atom stereocenters. The lowest BCUT2D eigenvalue weighted by atomic mass is 10.1. The lowest BCUT2D eigenvalue weighted by Gasteiger charge is -2.14. The van der Waals surface area contributed by atoms with Crippen LogP contribution in [0.3, 0.4) is 0 Å². The van der Waals surface area contributed by atoms with Gasteiger partial charge in [0.15, 0.2) is 0 Å². The Hall–Kier alpha value is -3.91. The minimum Gasteiger partial charge on any atom is -0.349 e. The fraction of sp³-hybridized carbons (Fsp3) is 0.120. The lowest BCUT2D eigenvalue weighted by Crippen LogP contribution is -2.25. The van der Waals surface area contributed by atoms with Gasteiger partial charge in [0.2, 0.25) is 0 Å². The van der Waals surface area contributed by atoms with E-state index in [1.165, 1.54) is 12.1 Å². The van der Waals surface area contributed by atoms with Gasteiger partial charge in [-0.2, -0.15) is 0 Å². The third kappa shape index (κ3) is 5.87. The number of carbonyl (C=O) groups excluding carboxylic acids is 2. The fourth-order valence-electron chi connectivity index (χ4n) is 3.19. The van der Waals surface area contributed by atoms with Crippen LogP contribution in [0, 0.1) is 13.8 Å². The highest BCUT2D eigenvalue weighted by atomic mass is 32.2. The van der Waals surface area contributed by atoms with Crippen LogP contribution in [0.25, 0.3) is 0 Å². The Morgan fingerprint density at radius 2 is 1.70 bits per heavy atom. The van der Waals surface area contributed by atoms with Gasteiger partial charge < -0.3 is 10.6 Å². The van der Waals surface area contributed by atoms with Crippen LogP contribution < -0.4 is 15.4 Å². The first kappa shape index (κ1) is 23.7. The maximum absolute atomic E-state index is 13.0. The van der Waals surface area contributed by atoms with Gasteiger partial charge in [0.05, 0.1) is 16.1 Å². The molecule has 170 valence electrons. The van der Waals surface area contributed by atoms with Crippen LogP contribution in [0.1, 0.15) is 31.8 Å². The largest absolute Gasteiger partial charge is 0.349 e. The predicted molar refractivity (Wildman–Crippen MR) is 130 cm³/mol. The zero-order valence-electron chi connectivity index (χ0n) is 18.4. The Morgan fingerprint density at radius 3 is 2.42 bits per heavy atom. The molecular weight excluding hydrogens is 438 g/mol. The van der Waals surface area contributed by atoms with Gasteiger partial charge >= 0.3 is 0 Å². The number of para-hydroxylation sites is 1. The highest BCUT2D eigenvalue weighted by Crippen LogP contribution is 2.23. The Kier molecular flexibility index (Phi) is 7.30. The first-order valence-electron chi connectivity index (χ1n) is 10.2. The topological polar surface area (TPSA) is 104 Å². The van der Waals surface area contributed by atoms with Crippen molar-refractivity contribution in [1.29, 1.82) is 0 Å². The van der Waals surface area contributed by atoms with Crippen molar-refractivity contribution in [2.24, 2.45) is 0 Å². The van der Waals surface area contributed by atoms with Crippen LogP contribution in [-0.4, -0.2) is 26.8 Å². The van der Waals surface area contributed by atoms with Gasteiger partial charge in [-0.15, -0.1) is 6.58 Å². The van der Waals surface area contributed by atoms with Crippen molar-refractivity contribution >= 4 is 33.2 Å². The standard InChI is InChI=1S/C25H25N3O4S/c1-4-14-26-25(30)21-10-5-6-11-22(21)27-24(29)19-13-12-18(3)23(16-19)33(31,32)28-20-9-7-8-17(2)15-20/h4-13,15-16,28H,1,14H2,2-3H3,(H,26,30)(H,27,29). The molecule has 0 fully saturated rings. The number of rotatable bonds is 8. The number of hydrogen-bond donors (Lipinski definition) is 3. The van der Waals surface area contributed by atoms with Crippen molar-refractivity contribution in [3.63, 3.8) is 0 Å². The number of benzene rings is 3. The summed E-state index contributed by atoms with van der Waals surface area (Å²) < 4.78 is 28.6. The highest BCUT2D eigenvalue weighted by Gasteiger charge is 2.20. The Labute approximate surface area is 193 Å². The van der Waals surface area contributed by atoms with Crippen LogP contribution >= 0.6 is 0 Å². The minimum atomic E-state index is -3.93. The molecule has 0 aliphatic carbocycles. The maximum atomic E-state index is 13.0. The number of carbonyl (C=O) groups is 2. The van der Waals surface area contributed by atoms with Crippen molar-refractivity contribution in [2.45, 2.75) is 18.7 Å². The molecule has 0 aromatic heterocycles. The number of nitrogens with one attached hydrogen (secondary N) is 3. The van der Waals surface area contributed by atoms with Gasteiger partial charge in [0, 0.05) is 17.8 Å². The molecule has 3 aromatic rings. The molecule has 33 heavy (non-hydrogen) atoms. The van der Waals surface area contributed by atoms with Crippen molar-refractivity contribution in [1.82, 2.24) is 5.32 Å². The molecule has 3 rings (SSSR count). The molecule has 0 heterocycles. The molecule has 2 amide bonds. The maximum Gasteiger partial charge on any atom is 0.262 e. The molecule has 0 saturated carbocycles. The molecule has 0 saturated heterocycles. The summed E-state index contributed by atoms with van der Waals surface area (Å²) in [5, 5.41) is 5.37. The van der Waals surface area contributed by atoms with Gasteiger partial charge in [-0.1, -0.05) is 36.4 Å². The van der Waals surface area contributed by atoms with E-state index < -0.39 is 15.9 Å².